The molecule has 0 aromatic rings. The monoisotopic (exact) mass is 434 g/mol. The number of hydrogen-bond acceptors (Lipinski definition) is 2. The highest BCUT2D eigenvalue weighted by atomic mass is 16.3. The number of carbonyl (C=O) groups excluding carboxylic acids is 1. The van der Waals surface area contributed by atoms with Gasteiger partial charge in [-0.05, 0) is 96.7 Å². The van der Waals surface area contributed by atoms with Gasteiger partial charge in [0.1, 0.15) is 0 Å². The number of carbonyl (C=O) groups is 1. The molecule has 0 saturated heterocycles. The van der Waals surface area contributed by atoms with Crippen LogP contribution in [0.25, 0.3) is 0 Å². The van der Waals surface area contributed by atoms with Gasteiger partial charge in [0.2, 0.25) is 5.78 Å². The van der Waals surface area contributed by atoms with Crippen molar-refractivity contribution in [1.29, 1.82) is 0 Å². The highest BCUT2D eigenvalue weighted by molar-refractivity contribution is 6.06. The summed E-state index contributed by atoms with van der Waals surface area (Å²) >= 11 is 0. The minimum atomic E-state index is -0.224. The molecule has 0 spiro atoms. The summed E-state index contributed by atoms with van der Waals surface area (Å²) in [6.45, 7) is 16.9. The summed E-state index contributed by atoms with van der Waals surface area (Å²) in [5.74, 6) is 0.440. The Balaban J connectivity index is 1.64. The molecule has 2 nitrogen and oxygen atoms in total. The van der Waals surface area contributed by atoms with Crippen LogP contribution >= 0.6 is 0 Å². The summed E-state index contributed by atoms with van der Waals surface area (Å²) in [4.78, 5) is 12.6. The number of ketones is 1. The van der Waals surface area contributed by atoms with E-state index in [-0.39, 0.29) is 27.8 Å². The molecule has 6 atom stereocenters. The molecule has 0 radical (unpaired) electrons. The molecular formula is C30H42O2. The summed E-state index contributed by atoms with van der Waals surface area (Å²) < 4.78 is 0. The van der Waals surface area contributed by atoms with Crippen LogP contribution in [0.1, 0.15) is 99.8 Å². The van der Waals surface area contributed by atoms with Crippen LogP contribution in [0.3, 0.4) is 0 Å². The molecule has 5 aliphatic rings. The standard InChI is InChI=1S/C30H42O2/c1-8-26(3)11-12-27(4)13-15-29(6)23-10-9-20-19(2)25(32)22(31)17-21(20)28(23,5)14-16-30(29,7)24(27)18-26/h9-10,17,24,32H,8,11-16,18H2,1-7H3/t24-,26-,27-,28+,29-,30+/m1/s1. The Bertz CT molecular complexity index is 1020. The zero-order valence-corrected chi connectivity index (χ0v) is 21.3. The smallest absolute Gasteiger partial charge is 0.220 e. The minimum Gasteiger partial charge on any atom is -0.504 e. The fraction of sp³-hybridized carbons (Fsp3) is 0.700. The van der Waals surface area contributed by atoms with Gasteiger partial charge in [-0.3, -0.25) is 4.79 Å². The number of fused-ring (bicyclic) bond motifs is 7. The van der Waals surface area contributed by atoms with Gasteiger partial charge in [-0.2, -0.15) is 0 Å². The van der Waals surface area contributed by atoms with Crippen molar-refractivity contribution in [3.8, 4) is 0 Å². The van der Waals surface area contributed by atoms with Crippen LogP contribution in [0.4, 0.5) is 0 Å². The summed E-state index contributed by atoms with van der Waals surface area (Å²) in [7, 11) is 0. The van der Waals surface area contributed by atoms with Crippen LogP contribution in [0.2, 0.25) is 0 Å². The third-order valence-electron chi connectivity index (χ3n) is 11.8. The van der Waals surface area contributed by atoms with Gasteiger partial charge < -0.3 is 5.11 Å². The highest BCUT2D eigenvalue weighted by Gasteiger charge is 2.66. The number of rotatable bonds is 1. The lowest BCUT2D eigenvalue weighted by molar-refractivity contribution is -0.161. The third-order valence-corrected chi connectivity index (χ3v) is 11.8. The third kappa shape index (κ3) is 2.56. The molecule has 1 N–H and O–H groups in total. The van der Waals surface area contributed by atoms with Gasteiger partial charge in [0.25, 0.3) is 0 Å². The molecule has 0 unspecified atom stereocenters. The quantitative estimate of drug-likeness (QED) is 0.453. The molecule has 2 heteroatoms. The van der Waals surface area contributed by atoms with Gasteiger partial charge in [0, 0.05) is 11.0 Å². The molecule has 0 aromatic heterocycles. The van der Waals surface area contributed by atoms with Gasteiger partial charge in [0.15, 0.2) is 5.76 Å². The molecule has 0 aliphatic heterocycles. The molecule has 0 bridgehead atoms. The lowest BCUT2D eigenvalue weighted by atomic mass is 9.34. The fourth-order valence-corrected chi connectivity index (χ4v) is 8.85. The topological polar surface area (TPSA) is 37.3 Å². The number of hydrogen-bond donors (Lipinski definition) is 1. The average molecular weight is 435 g/mol. The van der Waals surface area contributed by atoms with Gasteiger partial charge >= 0.3 is 0 Å². The molecule has 174 valence electrons. The number of allylic oxidation sites excluding steroid dienone is 7. The molecule has 0 aromatic carbocycles. The normalized spacial score (nSPS) is 48.0. The van der Waals surface area contributed by atoms with Crippen molar-refractivity contribution < 1.29 is 9.90 Å². The Hall–Kier alpha value is -1.57. The van der Waals surface area contributed by atoms with E-state index in [4.69, 9.17) is 0 Å². The van der Waals surface area contributed by atoms with Crippen molar-refractivity contribution in [2.75, 3.05) is 0 Å². The maximum atomic E-state index is 12.6. The van der Waals surface area contributed by atoms with Crippen LogP contribution in [0.5, 0.6) is 0 Å². The van der Waals surface area contributed by atoms with Crippen LogP contribution in [-0.4, -0.2) is 10.9 Å². The Kier molecular flexibility index (Phi) is 4.53. The van der Waals surface area contributed by atoms with Gasteiger partial charge in [-0.15, -0.1) is 0 Å². The predicted octanol–water partition coefficient (Wildman–Crippen LogP) is 8.02. The number of aliphatic hydroxyl groups is 1. The Morgan fingerprint density at radius 2 is 1.66 bits per heavy atom. The largest absolute Gasteiger partial charge is 0.504 e. The van der Waals surface area contributed by atoms with E-state index in [0.717, 1.165) is 29.1 Å². The van der Waals surface area contributed by atoms with Crippen LogP contribution < -0.4 is 0 Å². The summed E-state index contributed by atoms with van der Waals surface area (Å²) in [5, 5.41) is 10.3. The lowest BCUT2D eigenvalue weighted by Gasteiger charge is -2.70. The zero-order valence-electron chi connectivity index (χ0n) is 21.3. The van der Waals surface area contributed by atoms with E-state index >= 15 is 0 Å². The molecule has 0 heterocycles. The molecule has 5 rings (SSSR count). The van der Waals surface area contributed by atoms with E-state index in [1.807, 2.05) is 6.92 Å². The molecule has 3 fully saturated rings. The highest BCUT2D eigenvalue weighted by Crippen LogP contribution is 2.75. The minimum absolute atomic E-state index is 0.0817. The van der Waals surface area contributed by atoms with Crippen molar-refractivity contribution in [1.82, 2.24) is 0 Å². The van der Waals surface area contributed by atoms with Crippen LogP contribution in [-0.2, 0) is 4.79 Å². The predicted molar refractivity (Wildman–Crippen MR) is 131 cm³/mol. The average Bonchev–Trinajstić information content (AvgIpc) is 2.76. The maximum absolute atomic E-state index is 12.6. The van der Waals surface area contributed by atoms with E-state index in [9.17, 15) is 9.90 Å². The molecule has 32 heavy (non-hydrogen) atoms. The SMILES string of the molecule is CC[C@]1(C)CC[C@]2(C)CC[C@]3(C)C4=CC=C5C(=CC(=O)C(O)=C5C)[C@]4(C)CC[C@@]3(C)[C@@H]2C1. The summed E-state index contributed by atoms with van der Waals surface area (Å²) in [6.07, 6.45) is 16.6. The first-order chi connectivity index (χ1) is 14.8. The zero-order chi connectivity index (χ0) is 23.3. The van der Waals surface area contributed by atoms with E-state index in [1.165, 1.54) is 44.9 Å². The van der Waals surface area contributed by atoms with Gasteiger partial charge in [-0.25, -0.2) is 0 Å². The van der Waals surface area contributed by atoms with Gasteiger partial charge in [0.05, 0.1) is 0 Å². The first-order valence-electron chi connectivity index (χ1n) is 12.9. The molecule has 5 aliphatic carbocycles. The van der Waals surface area contributed by atoms with Crippen LogP contribution in [0.15, 0.2) is 46.3 Å². The Labute approximate surface area is 194 Å². The Morgan fingerprint density at radius 3 is 2.34 bits per heavy atom. The van der Waals surface area contributed by atoms with E-state index in [0.29, 0.717) is 10.8 Å². The van der Waals surface area contributed by atoms with Crippen LogP contribution in [0, 0.1) is 33.0 Å². The molecule has 0 amide bonds. The van der Waals surface area contributed by atoms with E-state index < -0.39 is 0 Å². The second-order valence-corrected chi connectivity index (χ2v) is 13.2. The van der Waals surface area contributed by atoms with Crippen molar-refractivity contribution in [3.63, 3.8) is 0 Å². The van der Waals surface area contributed by atoms with Crippen molar-refractivity contribution >= 4 is 5.78 Å². The van der Waals surface area contributed by atoms with E-state index in [2.05, 4.69) is 53.7 Å². The fourth-order valence-electron chi connectivity index (χ4n) is 8.85. The van der Waals surface area contributed by atoms with Gasteiger partial charge in [-0.1, -0.05) is 65.7 Å². The maximum Gasteiger partial charge on any atom is 0.220 e. The van der Waals surface area contributed by atoms with Crippen molar-refractivity contribution in [3.05, 3.63) is 46.3 Å². The summed E-state index contributed by atoms with van der Waals surface area (Å²) in [6, 6.07) is 0. The first kappa shape index (κ1) is 22.2. The number of aliphatic hydroxyl groups excluding tert-OH is 1. The first-order valence-corrected chi connectivity index (χ1v) is 12.9. The second kappa shape index (κ2) is 6.51. The second-order valence-electron chi connectivity index (χ2n) is 13.2. The van der Waals surface area contributed by atoms with Crippen molar-refractivity contribution in [2.24, 2.45) is 33.0 Å². The lowest BCUT2D eigenvalue weighted by Crippen LogP contribution is -2.61. The van der Waals surface area contributed by atoms with Crippen molar-refractivity contribution in [2.45, 2.75) is 99.8 Å². The van der Waals surface area contributed by atoms with E-state index in [1.54, 1.807) is 11.6 Å². The molecular weight excluding hydrogens is 392 g/mol. The Morgan fingerprint density at radius 1 is 0.969 bits per heavy atom. The summed E-state index contributed by atoms with van der Waals surface area (Å²) in [5.41, 5.74) is 5.72. The molecule has 3 saturated carbocycles.